The predicted octanol–water partition coefficient (Wildman–Crippen LogP) is 3.57. The number of nitrogens with zero attached hydrogens (tertiary/aromatic N) is 1. The molecule has 1 aliphatic rings. The van der Waals surface area contributed by atoms with Crippen LogP contribution in [0.2, 0.25) is 10.0 Å². The highest BCUT2D eigenvalue weighted by atomic mass is 35.5. The van der Waals surface area contributed by atoms with E-state index in [1.165, 1.54) is 6.07 Å². The fraction of sp³-hybridized carbons (Fsp3) is 0.316. The molecule has 1 amide bonds. The molecule has 0 saturated heterocycles. The van der Waals surface area contributed by atoms with Gasteiger partial charge in [-0.25, -0.2) is 8.42 Å². The van der Waals surface area contributed by atoms with Crippen LogP contribution in [-0.2, 0) is 20.6 Å². The number of anilines is 1. The first-order valence-corrected chi connectivity index (χ1v) is 12.5. The average Bonchev–Trinajstić information content (AvgIpc) is 2.67. The van der Waals surface area contributed by atoms with Crippen molar-refractivity contribution in [3.8, 4) is 5.75 Å². The molecule has 1 atom stereocenters. The van der Waals surface area contributed by atoms with E-state index in [0.29, 0.717) is 28.8 Å². The smallest absolute Gasteiger partial charge is 0.263 e. The van der Waals surface area contributed by atoms with Crippen molar-refractivity contribution >= 4 is 56.6 Å². The maximum absolute atomic E-state index is 12.5. The quantitative estimate of drug-likeness (QED) is 0.620. The first-order valence-electron chi connectivity index (χ1n) is 8.78. The zero-order chi connectivity index (χ0) is 21.0. The molecule has 1 unspecified atom stereocenters. The molecule has 0 aliphatic carbocycles. The fourth-order valence-corrected chi connectivity index (χ4v) is 5.05. The van der Waals surface area contributed by atoms with E-state index >= 15 is 0 Å². The van der Waals surface area contributed by atoms with Crippen LogP contribution >= 0.6 is 35.0 Å². The molecule has 156 valence electrons. The first-order chi connectivity index (χ1) is 13.8. The Labute approximate surface area is 184 Å². The Hall–Kier alpha value is -1.61. The molecule has 6 nitrogen and oxygen atoms in total. The standard InChI is InChI=1S/C19H20Cl2N2O4S2/c1-29(25,26)23-11-18(27-17-7-6-14(20)10-16(17)23)19(24)22-8-9-28-12-13-4-2-3-5-15(13)21/h2-7,10,18H,8-9,11-12H2,1H3,(H,22,24). The number of amides is 1. The van der Waals surface area contributed by atoms with E-state index in [4.69, 9.17) is 27.9 Å². The lowest BCUT2D eigenvalue weighted by Gasteiger charge is -2.34. The van der Waals surface area contributed by atoms with Crippen LogP contribution < -0.4 is 14.4 Å². The van der Waals surface area contributed by atoms with Crippen molar-refractivity contribution in [3.05, 3.63) is 58.1 Å². The number of benzene rings is 2. The summed E-state index contributed by atoms with van der Waals surface area (Å²) in [5.74, 6) is 1.37. The highest BCUT2D eigenvalue weighted by Crippen LogP contribution is 2.37. The third kappa shape index (κ3) is 5.72. The van der Waals surface area contributed by atoms with Gasteiger partial charge in [-0.3, -0.25) is 9.10 Å². The topological polar surface area (TPSA) is 75.7 Å². The molecule has 0 fully saturated rings. The fourth-order valence-electron chi connectivity index (χ4n) is 2.83. The largest absolute Gasteiger partial charge is 0.476 e. The van der Waals surface area contributed by atoms with Crippen LogP contribution in [0.15, 0.2) is 42.5 Å². The summed E-state index contributed by atoms with van der Waals surface area (Å²) in [5, 5.41) is 3.91. The van der Waals surface area contributed by atoms with Gasteiger partial charge >= 0.3 is 0 Å². The van der Waals surface area contributed by atoms with Crippen LogP contribution in [-0.4, -0.2) is 45.5 Å². The minimum atomic E-state index is -3.59. The molecule has 0 saturated carbocycles. The lowest BCUT2D eigenvalue weighted by Crippen LogP contribution is -2.50. The third-order valence-corrected chi connectivity index (χ3v) is 7.00. The average molecular weight is 475 g/mol. The minimum Gasteiger partial charge on any atom is -0.476 e. The zero-order valence-electron chi connectivity index (χ0n) is 15.6. The molecule has 1 heterocycles. The van der Waals surface area contributed by atoms with E-state index in [1.807, 2.05) is 24.3 Å². The van der Waals surface area contributed by atoms with Crippen molar-refractivity contribution < 1.29 is 17.9 Å². The molecule has 1 N–H and O–H groups in total. The van der Waals surface area contributed by atoms with Crippen LogP contribution in [0.4, 0.5) is 5.69 Å². The van der Waals surface area contributed by atoms with Crippen molar-refractivity contribution in [1.82, 2.24) is 5.32 Å². The van der Waals surface area contributed by atoms with E-state index in [9.17, 15) is 13.2 Å². The summed E-state index contributed by atoms with van der Waals surface area (Å²) >= 11 is 13.7. The van der Waals surface area contributed by atoms with Gasteiger partial charge in [-0.05, 0) is 29.8 Å². The molecule has 10 heteroatoms. The van der Waals surface area contributed by atoms with Crippen LogP contribution in [0.5, 0.6) is 5.75 Å². The second-order valence-electron chi connectivity index (χ2n) is 6.45. The van der Waals surface area contributed by atoms with Crippen LogP contribution in [0, 0.1) is 0 Å². The maximum Gasteiger partial charge on any atom is 0.263 e. The number of halogens is 2. The SMILES string of the molecule is CS(=O)(=O)N1CC(C(=O)NCCSCc2ccccc2Cl)Oc2ccc(Cl)cc21. The Morgan fingerprint density at radius 1 is 1.28 bits per heavy atom. The second kappa shape index (κ2) is 9.47. The van der Waals surface area contributed by atoms with Crippen molar-refractivity contribution in [2.24, 2.45) is 0 Å². The van der Waals surface area contributed by atoms with E-state index in [2.05, 4.69) is 5.32 Å². The molecule has 0 spiro atoms. The Morgan fingerprint density at radius 2 is 2.03 bits per heavy atom. The highest BCUT2D eigenvalue weighted by Gasteiger charge is 2.35. The lowest BCUT2D eigenvalue weighted by atomic mass is 10.2. The third-order valence-electron chi connectivity index (χ3n) is 4.24. The summed E-state index contributed by atoms with van der Waals surface area (Å²) in [7, 11) is -3.59. The second-order valence-corrected chi connectivity index (χ2v) is 10.3. The van der Waals surface area contributed by atoms with Crippen molar-refractivity contribution in [2.45, 2.75) is 11.9 Å². The number of rotatable bonds is 7. The molecule has 0 aromatic heterocycles. The van der Waals surface area contributed by atoms with Gasteiger partial charge in [-0.2, -0.15) is 11.8 Å². The summed E-state index contributed by atoms with van der Waals surface area (Å²) in [4.78, 5) is 12.5. The number of fused-ring (bicyclic) bond motifs is 1. The van der Waals surface area contributed by atoms with Gasteiger partial charge in [0.2, 0.25) is 10.0 Å². The van der Waals surface area contributed by atoms with E-state index in [1.54, 1.807) is 23.9 Å². The zero-order valence-corrected chi connectivity index (χ0v) is 18.7. The molecular formula is C19H20Cl2N2O4S2. The van der Waals surface area contributed by atoms with Gasteiger partial charge < -0.3 is 10.1 Å². The number of nitrogens with one attached hydrogen (secondary N) is 1. The van der Waals surface area contributed by atoms with Crippen molar-refractivity contribution in [3.63, 3.8) is 0 Å². The van der Waals surface area contributed by atoms with Crippen molar-refractivity contribution in [2.75, 3.05) is 29.4 Å². The van der Waals surface area contributed by atoms with E-state index in [-0.39, 0.29) is 12.5 Å². The summed E-state index contributed by atoms with van der Waals surface area (Å²) in [6.45, 7) is 0.324. The highest BCUT2D eigenvalue weighted by molar-refractivity contribution is 7.98. The Balaban J connectivity index is 1.56. The van der Waals surface area contributed by atoms with Gasteiger partial charge in [-0.15, -0.1) is 0 Å². The Morgan fingerprint density at radius 3 is 2.76 bits per heavy atom. The summed E-state index contributed by atoms with van der Waals surface area (Å²) in [6.07, 6.45) is 0.149. The van der Waals surface area contributed by atoms with Gasteiger partial charge in [0.25, 0.3) is 5.91 Å². The minimum absolute atomic E-state index is 0.106. The molecule has 3 rings (SSSR count). The monoisotopic (exact) mass is 474 g/mol. The number of hydrogen-bond acceptors (Lipinski definition) is 5. The molecule has 1 aliphatic heterocycles. The van der Waals surface area contributed by atoms with Crippen LogP contribution in [0.3, 0.4) is 0 Å². The number of hydrogen-bond donors (Lipinski definition) is 1. The van der Waals surface area contributed by atoms with Crippen molar-refractivity contribution in [1.29, 1.82) is 0 Å². The molecule has 0 radical (unpaired) electrons. The number of sulfonamides is 1. The predicted molar refractivity (Wildman–Crippen MR) is 119 cm³/mol. The first kappa shape index (κ1) is 22.1. The normalized spacial score (nSPS) is 16.1. The van der Waals surface area contributed by atoms with Gasteiger partial charge in [0, 0.05) is 28.1 Å². The molecular weight excluding hydrogens is 455 g/mol. The number of ether oxygens (including phenoxy) is 1. The Kier molecular flexibility index (Phi) is 7.21. The summed E-state index contributed by atoms with van der Waals surface area (Å²) < 4.78 is 31.2. The number of carbonyl (C=O) groups is 1. The lowest BCUT2D eigenvalue weighted by molar-refractivity contribution is -0.127. The Bertz CT molecular complexity index is 1000. The molecule has 29 heavy (non-hydrogen) atoms. The summed E-state index contributed by atoms with van der Waals surface area (Å²) in [5.41, 5.74) is 1.37. The van der Waals surface area contributed by atoms with Crippen LogP contribution in [0.1, 0.15) is 5.56 Å². The van der Waals surface area contributed by atoms with Gasteiger partial charge in [0.05, 0.1) is 18.5 Å². The summed E-state index contributed by atoms with van der Waals surface area (Å²) in [6, 6.07) is 12.3. The molecule has 2 aromatic carbocycles. The van der Waals surface area contributed by atoms with Gasteiger partial charge in [-0.1, -0.05) is 41.4 Å². The number of carbonyl (C=O) groups excluding carboxylic acids is 1. The van der Waals surface area contributed by atoms with Gasteiger partial charge in [0.15, 0.2) is 6.10 Å². The molecule has 2 aromatic rings. The number of thioether (sulfide) groups is 1. The maximum atomic E-state index is 12.5. The van der Waals surface area contributed by atoms with E-state index < -0.39 is 16.1 Å². The van der Waals surface area contributed by atoms with Crippen LogP contribution in [0.25, 0.3) is 0 Å². The van der Waals surface area contributed by atoms with Gasteiger partial charge in [0.1, 0.15) is 5.75 Å². The molecule has 0 bridgehead atoms. The van der Waals surface area contributed by atoms with E-state index in [0.717, 1.165) is 26.9 Å².